The minimum Gasteiger partial charge on any atom is -0.372 e. The summed E-state index contributed by atoms with van der Waals surface area (Å²) in [5.41, 5.74) is 1.22. The minimum absolute atomic E-state index is 0.574. The summed E-state index contributed by atoms with van der Waals surface area (Å²) in [4.78, 5) is 9.62. The lowest BCUT2D eigenvalue weighted by Crippen LogP contribution is -2.10. The summed E-state index contributed by atoms with van der Waals surface area (Å²) >= 11 is 2.37. The maximum Gasteiger partial charge on any atom is 0.143 e. The molecule has 2 rings (SSSR count). The SMILES string of the molecule is CCCc1nc(C2CCC(CC)C2)nc(NC)c1I. The minimum atomic E-state index is 0.574. The molecule has 4 heteroatoms. The van der Waals surface area contributed by atoms with Crippen LogP contribution in [0, 0.1) is 9.49 Å². The first kappa shape index (κ1) is 15.0. The van der Waals surface area contributed by atoms with Gasteiger partial charge in [0, 0.05) is 13.0 Å². The van der Waals surface area contributed by atoms with Gasteiger partial charge in [-0.15, -0.1) is 0 Å². The number of aromatic nitrogens is 2. The highest BCUT2D eigenvalue weighted by molar-refractivity contribution is 14.1. The predicted molar refractivity (Wildman–Crippen MR) is 88.7 cm³/mol. The largest absolute Gasteiger partial charge is 0.372 e. The first-order chi connectivity index (χ1) is 9.19. The lowest BCUT2D eigenvalue weighted by molar-refractivity contribution is 0.516. The summed E-state index contributed by atoms with van der Waals surface area (Å²) in [6.45, 7) is 4.50. The molecule has 0 saturated heterocycles. The smallest absolute Gasteiger partial charge is 0.143 e. The van der Waals surface area contributed by atoms with E-state index in [1.54, 1.807) is 0 Å². The molecule has 0 aliphatic heterocycles. The standard InChI is InChI=1S/C15H24IN3/c1-4-6-12-13(16)15(17-3)19-14(18-12)11-8-7-10(5-2)9-11/h10-11H,4-9H2,1-3H3,(H,17,18,19). The Bertz CT molecular complexity index is 434. The van der Waals surface area contributed by atoms with Crippen molar-refractivity contribution in [3.8, 4) is 0 Å². The zero-order chi connectivity index (χ0) is 13.8. The predicted octanol–water partition coefficient (Wildman–Crippen LogP) is 4.37. The highest BCUT2D eigenvalue weighted by Crippen LogP contribution is 2.39. The van der Waals surface area contributed by atoms with Gasteiger partial charge >= 0.3 is 0 Å². The normalized spacial score (nSPS) is 22.7. The third-order valence-corrected chi connectivity index (χ3v) is 5.28. The van der Waals surface area contributed by atoms with E-state index < -0.39 is 0 Å². The van der Waals surface area contributed by atoms with Crippen LogP contribution in [-0.2, 0) is 6.42 Å². The van der Waals surface area contributed by atoms with Crippen molar-refractivity contribution in [2.45, 2.75) is 58.3 Å². The lowest BCUT2D eigenvalue weighted by atomic mass is 10.0. The second-order valence-electron chi connectivity index (χ2n) is 5.48. The first-order valence-electron chi connectivity index (χ1n) is 7.43. The average Bonchev–Trinajstić information content (AvgIpc) is 2.90. The third kappa shape index (κ3) is 3.38. The van der Waals surface area contributed by atoms with Gasteiger partial charge in [0.2, 0.25) is 0 Å². The van der Waals surface area contributed by atoms with Crippen LogP contribution in [0.3, 0.4) is 0 Å². The van der Waals surface area contributed by atoms with Gasteiger partial charge in [-0.1, -0.05) is 26.7 Å². The summed E-state index contributed by atoms with van der Waals surface area (Å²) in [5, 5.41) is 3.22. The van der Waals surface area contributed by atoms with Gasteiger partial charge in [0.05, 0.1) is 9.26 Å². The molecule has 0 bridgehead atoms. The molecule has 1 aliphatic carbocycles. The van der Waals surface area contributed by atoms with Gasteiger partial charge in [0.25, 0.3) is 0 Å². The highest BCUT2D eigenvalue weighted by Gasteiger charge is 2.27. The number of hydrogen-bond donors (Lipinski definition) is 1. The van der Waals surface area contributed by atoms with Crippen molar-refractivity contribution in [2.24, 2.45) is 5.92 Å². The van der Waals surface area contributed by atoms with Crippen LogP contribution < -0.4 is 5.32 Å². The van der Waals surface area contributed by atoms with Crippen LogP contribution in [0.4, 0.5) is 5.82 Å². The molecular weight excluding hydrogens is 349 g/mol. The van der Waals surface area contributed by atoms with Crippen molar-refractivity contribution in [3.63, 3.8) is 0 Å². The topological polar surface area (TPSA) is 37.8 Å². The molecule has 3 nitrogen and oxygen atoms in total. The Balaban J connectivity index is 2.27. The van der Waals surface area contributed by atoms with E-state index in [9.17, 15) is 0 Å². The molecule has 1 N–H and O–H groups in total. The number of aryl methyl sites for hydroxylation is 1. The van der Waals surface area contributed by atoms with E-state index in [0.717, 1.165) is 30.4 Å². The number of nitrogens with one attached hydrogen (secondary N) is 1. The van der Waals surface area contributed by atoms with Gasteiger partial charge in [-0.3, -0.25) is 0 Å². The number of hydrogen-bond acceptors (Lipinski definition) is 3. The van der Waals surface area contributed by atoms with Crippen molar-refractivity contribution in [1.29, 1.82) is 0 Å². The second-order valence-corrected chi connectivity index (χ2v) is 6.55. The molecule has 2 unspecified atom stereocenters. The molecule has 106 valence electrons. The Labute approximate surface area is 130 Å². The summed E-state index contributed by atoms with van der Waals surface area (Å²) in [5.74, 6) is 3.53. The fourth-order valence-electron chi connectivity index (χ4n) is 2.94. The van der Waals surface area contributed by atoms with Gasteiger partial charge in [0.1, 0.15) is 11.6 Å². The zero-order valence-corrected chi connectivity index (χ0v) is 14.3. The van der Waals surface area contributed by atoms with Crippen LogP contribution >= 0.6 is 22.6 Å². The van der Waals surface area contributed by atoms with Gasteiger partial charge in [0.15, 0.2) is 0 Å². The molecule has 0 radical (unpaired) electrons. The van der Waals surface area contributed by atoms with Crippen LogP contribution in [0.25, 0.3) is 0 Å². The van der Waals surface area contributed by atoms with E-state index in [0.29, 0.717) is 5.92 Å². The van der Waals surface area contributed by atoms with Crippen LogP contribution in [0.1, 0.15) is 63.4 Å². The van der Waals surface area contributed by atoms with Crippen LogP contribution in [0.5, 0.6) is 0 Å². The van der Waals surface area contributed by atoms with Crippen LogP contribution in [0.2, 0.25) is 0 Å². The van der Waals surface area contributed by atoms with E-state index in [4.69, 9.17) is 9.97 Å². The lowest BCUT2D eigenvalue weighted by Gasteiger charge is -2.14. The monoisotopic (exact) mass is 373 g/mol. The van der Waals surface area contributed by atoms with Crippen molar-refractivity contribution in [2.75, 3.05) is 12.4 Å². The summed E-state index contributed by atoms with van der Waals surface area (Å²) in [7, 11) is 1.95. The van der Waals surface area contributed by atoms with Gasteiger partial charge in [-0.2, -0.15) is 0 Å². The highest BCUT2D eigenvalue weighted by atomic mass is 127. The van der Waals surface area contributed by atoms with Crippen molar-refractivity contribution < 1.29 is 0 Å². The molecule has 19 heavy (non-hydrogen) atoms. The molecule has 2 atom stereocenters. The average molecular weight is 373 g/mol. The molecular formula is C15H24IN3. The van der Waals surface area contributed by atoms with Crippen LogP contribution in [0.15, 0.2) is 0 Å². The third-order valence-electron chi connectivity index (χ3n) is 4.14. The Morgan fingerprint density at radius 1 is 1.26 bits per heavy atom. The Morgan fingerprint density at radius 2 is 2.05 bits per heavy atom. The van der Waals surface area contributed by atoms with E-state index in [1.807, 2.05) is 7.05 Å². The number of nitrogens with zero attached hydrogens (tertiary/aromatic N) is 2. The number of anilines is 1. The van der Waals surface area contributed by atoms with Gasteiger partial charge in [-0.05, 0) is 54.2 Å². The summed E-state index contributed by atoms with van der Waals surface area (Å²) in [6.07, 6.45) is 7.35. The fourth-order valence-corrected chi connectivity index (χ4v) is 3.72. The fraction of sp³-hybridized carbons (Fsp3) is 0.733. The van der Waals surface area contributed by atoms with E-state index in [2.05, 4.69) is 41.8 Å². The molecule has 1 heterocycles. The maximum absolute atomic E-state index is 4.86. The Kier molecular flexibility index (Phi) is 5.42. The maximum atomic E-state index is 4.86. The molecule has 0 amide bonds. The van der Waals surface area contributed by atoms with Crippen LogP contribution in [-0.4, -0.2) is 17.0 Å². The van der Waals surface area contributed by atoms with Gasteiger partial charge < -0.3 is 5.32 Å². The van der Waals surface area contributed by atoms with Gasteiger partial charge in [-0.25, -0.2) is 9.97 Å². The molecule has 1 aliphatic rings. The summed E-state index contributed by atoms with van der Waals surface area (Å²) < 4.78 is 1.19. The number of rotatable bonds is 5. The zero-order valence-electron chi connectivity index (χ0n) is 12.2. The molecule has 1 fully saturated rings. The number of halogens is 1. The molecule has 1 saturated carbocycles. The molecule has 0 spiro atoms. The Morgan fingerprint density at radius 3 is 2.63 bits per heavy atom. The second kappa shape index (κ2) is 6.86. The molecule has 0 aromatic carbocycles. The molecule has 1 aromatic heterocycles. The quantitative estimate of drug-likeness (QED) is 0.779. The summed E-state index contributed by atoms with van der Waals surface area (Å²) in [6, 6.07) is 0. The van der Waals surface area contributed by atoms with E-state index >= 15 is 0 Å². The van der Waals surface area contributed by atoms with E-state index in [-0.39, 0.29) is 0 Å². The van der Waals surface area contributed by atoms with E-state index in [1.165, 1.54) is 34.9 Å². The van der Waals surface area contributed by atoms with Crippen molar-refractivity contribution >= 4 is 28.4 Å². The van der Waals surface area contributed by atoms with Crippen molar-refractivity contribution in [3.05, 3.63) is 15.1 Å². The van der Waals surface area contributed by atoms with Crippen molar-refractivity contribution in [1.82, 2.24) is 9.97 Å². The Hall–Kier alpha value is -0.390. The first-order valence-corrected chi connectivity index (χ1v) is 8.51. The molecule has 1 aromatic rings.